The van der Waals surface area contributed by atoms with E-state index in [4.69, 9.17) is 4.74 Å². The topological polar surface area (TPSA) is 58.6 Å². The van der Waals surface area contributed by atoms with Crippen LogP contribution in [0.5, 0.6) is 0 Å². The second-order valence-corrected chi connectivity index (χ2v) is 6.01. The highest BCUT2D eigenvalue weighted by molar-refractivity contribution is 5.79. The van der Waals surface area contributed by atoms with E-state index in [0.29, 0.717) is 25.6 Å². The van der Waals surface area contributed by atoms with E-state index >= 15 is 0 Å². The van der Waals surface area contributed by atoms with Crippen LogP contribution in [0.15, 0.2) is 30.3 Å². The first-order valence-electron chi connectivity index (χ1n) is 8.34. The lowest BCUT2D eigenvalue weighted by atomic mass is 10.0. The van der Waals surface area contributed by atoms with Crippen LogP contribution >= 0.6 is 0 Å². The molecule has 126 valence electrons. The van der Waals surface area contributed by atoms with Crippen molar-refractivity contribution in [3.05, 3.63) is 35.9 Å². The third-order valence-corrected chi connectivity index (χ3v) is 4.13. The molecule has 1 atom stereocenters. The molecule has 1 heterocycles. The molecule has 1 N–H and O–H groups in total. The summed E-state index contributed by atoms with van der Waals surface area (Å²) in [4.78, 5) is 25.8. The number of benzene rings is 1. The Bertz CT molecular complexity index is 504. The molecule has 2 amide bonds. The minimum absolute atomic E-state index is 0.0171. The minimum Gasteiger partial charge on any atom is -0.367 e. The summed E-state index contributed by atoms with van der Waals surface area (Å²) in [7, 11) is 0. The average Bonchev–Trinajstić information content (AvgIpc) is 2.56. The van der Waals surface area contributed by atoms with Crippen LogP contribution in [0.2, 0.25) is 0 Å². The van der Waals surface area contributed by atoms with Gasteiger partial charge in [0.15, 0.2) is 0 Å². The quantitative estimate of drug-likeness (QED) is 0.838. The maximum absolute atomic E-state index is 12.1. The Morgan fingerprint density at radius 3 is 2.78 bits per heavy atom. The molecule has 5 nitrogen and oxygen atoms in total. The number of piperidine rings is 1. The number of rotatable bonds is 7. The molecule has 0 aliphatic carbocycles. The molecule has 0 unspecified atom stereocenters. The molecular weight excluding hydrogens is 292 g/mol. The van der Waals surface area contributed by atoms with Gasteiger partial charge in [-0.05, 0) is 31.7 Å². The third-order valence-electron chi connectivity index (χ3n) is 4.13. The smallest absolute Gasteiger partial charge is 0.246 e. The molecule has 1 aromatic carbocycles. The third kappa shape index (κ3) is 6.02. The van der Waals surface area contributed by atoms with Crippen molar-refractivity contribution in [2.75, 3.05) is 19.7 Å². The first kappa shape index (κ1) is 17.5. The number of likely N-dealkylation sites (tertiary alicyclic amines) is 1. The number of hydrogen-bond donors (Lipinski definition) is 1. The summed E-state index contributed by atoms with van der Waals surface area (Å²) in [6, 6.07) is 10.0. The van der Waals surface area contributed by atoms with Crippen LogP contribution < -0.4 is 5.32 Å². The van der Waals surface area contributed by atoms with Crippen molar-refractivity contribution in [1.82, 2.24) is 10.2 Å². The van der Waals surface area contributed by atoms with Gasteiger partial charge in [0.2, 0.25) is 11.8 Å². The van der Waals surface area contributed by atoms with Gasteiger partial charge >= 0.3 is 0 Å². The lowest BCUT2D eigenvalue weighted by Gasteiger charge is -2.33. The molecule has 0 saturated carbocycles. The van der Waals surface area contributed by atoms with Crippen LogP contribution in [0.4, 0.5) is 0 Å². The van der Waals surface area contributed by atoms with Gasteiger partial charge in [-0.15, -0.1) is 0 Å². The van der Waals surface area contributed by atoms with E-state index in [-0.39, 0.29) is 18.4 Å². The van der Waals surface area contributed by atoms with Crippen LogP contribution in [-0.4, -0.2) is 42.5 Å². The molecule has 0 bridgehead atoms. The van der Waals surface area contributed by atoms with Gasteiger partial charge in [0.05, 0.1) is 6.61 Å². The number of ether oxygens (including phenoxy) is 1. The molecule has 0 aromatic heterocycles. The molecule has 1 aromatic rings. The van der Waals surface area contributed by atoms with Gasteiger partial charge in [-0.1, -0.05) is 30.3 Å². The van der Waals surface area contributed by atoms with Gasteiger partial charge in [0.1, 0.15) is 6.61 Å². The second kappa shape index (κ2) is 9.30. The molecular formula is C18H26N2O3. The van der Waals surface area contributed by atoms with Gasteiger partial charge in [-0.2, -0.15) is 0 Å². The van der Waals surface area contributed by atoms with Crippen molar-refractivity contribution in [1.29, 1.82) is 0 Å². The van der Waals surface area contributed by atoms with E-state index in [2.05, 4.69) is 12.2 Å². The van der Waals surface area contributed by atoms with Crippen LogP contribution in [0.3, 0.4) is 0 Å². The first-order valence-corrected chi connectivity index (χ1v) is 8.34. The summed E-state index contributed by atoms with van der Waals surface area (Å²) < 4.78 is 5.37. The number of nitrogens with zero attached hydrogens (tertiary/aromatic N) is 1. The highest BCUT2D eigenvalue weighted by atomic mass is 16.5. The zero-order valence-corrected chi connectivity index (χ0v) is 13.8. The molecule has 1 aliphatic rings. The monoisotopic (exact) mass is 318 g/mol. The van der Waals surface area contributed by atoms with E-state index in [1.165, 1.54) is 6.42 Å². The van der Waals surface area contributed by atoms with E-state index in [9.17, 15) is 9.59 Å². The lowest BCUT2D eigenvalue weighted by Crippen LogP contribution is -2.43. The Morgan fingerprint density at radius 1 is 1.26 bits per heavy atom. The highest BCUT2D eigenvalue weighted by Gasteiger charge is 2.22. The minimum atomic E-state index is -0.180. The van der Waals surface area contributed by atoms with Crippen LogP contribution in [-0.2, 0) is 20.9 Å². The highest BCUT2D eigenvalue weighted by Crippen LogP contribution is 2.16. The zero-order chi connectivity index (χ0) is 16.5. The fraction of sp³-hybridized carbons (Fsp3) is 0.556. The largest absolute Gasteiger partial charge is 0.367 e. The molecule has 1 fully saturated rings. The van der Waals surface area contributed by atoms with Crippen LogP contribution in [0.25, 0.3) is 0 Å². The predicted octanol–water partition coefficient (Wildman–Crippen LogP) is 2.11. The van der Waals surface area contributed by atoms with Gasteiger partial charge in [0, 0.05) is 25.6 Å². The van der Waals surface area contributed by atoms with Crippen molar-refractivity contribution in [2.45, 2.75) is 45.3 Å². The maximum atomic E-state index is 12.1. The molecule has 2 rings (SSSR count). The second-order valence-electron chi connectivity index (χ2n) is 6.01. The Hall–Kier alpha value is -1.88. The molecule has 1 aliphatic heterocycles. The standard InChI is InChI=1S/C18H26N2O3/c1-15-7-5-6-12-20(15)18(22)10-11-19-17(21)14-23-13-16-8-3-2-4-9-16/h2-4,8-9,15H,5-7,10-14H2,1H3,(H,19,21)/t15-/m0/s1. The average molecular weight is 318 g/mol. The molecule has 5 heteroatoms. The van der Waals surface area contributed by atoms with Crippen molar-refractivity contribution in [3.8, 4) is 0 Å². The molecule has 1 saturated heterocycles. The fourth-order valence-electron chi connectivity index (χ4n) is 2.81. The zero-order valence-electron chi connectivity index (χ0n) is 13.8. The van der Waals surface area contributed by atoms with Gasteiger partial charge in [-0.3, -0.25) is 9.59 Å². The predicted molar refractivity (Wildman–Crippen MR) is 88.8 cm³/mol. The van der Waals surface area contributed by atoms with Crippen LogP contribution in [0.1, 0.15) is 38.2 Å². The van der Waals surface area contributed by atoms with E-state index in [0.717, 1.165) is 24.9 Å². The van der Waals surface area contributed by atoms with E-state index in [1.807, 2.05) is 35.2 Å². The van der Waals surface area contributed by atoms with Crippen LogP contribution in [0, 0.1) is 0 Å². The number of hydrogen-bond acceptors (Lipinski definition) is 3. The number of carbonyl (C=O) groups excluding carboxylic acids is 2. The molecule has 0 radical (unpaired) electrons. The van der Waals surface area contributed by atoms with E-state index in [1.54, 1.807) is 0 Å². The normalized spacial score (nSPS) is 17.8. The number of nitrogens with one attached hydrogen (secondary N) is 1. The summed E-state index contributed by atoms with van der Waals surface area (Å²) in [6.45, 7) is 3.73. The molecule has 0 spiro atoms. The van der Waals surface area contributed by atoms with Gasteiger partial charge in [0.25, 0.3) is 0 Å². The lowest BCUT2D eigenvalue weighted by molar-refractivity contribution is -0.134. The Balaban J connectivity index is 1.58. The number of amides is 2. The summed E-state index contributed by atoms with van der Waals surface area (Å²) >= 11 is 0. The summed E-state index contributed by atoms with van der Waals surface area (Å²) in [5.74, 6) is -0.0527. The van der Waals surface area contributed by atoms with Gasteiger partial charge in [-0.25, -0.2) is 0 Å². The SMILES string of the molecule is C[C@H]1CCCCN1C(=O)CCNC(=O)COCc1ccccc1. The molecule has 23 heavy (non-hydrogen) atoms. The first-order chi connectivity index (χ1) is 11.2. The Labute approximate surface area is 138 Å². The fourth-order valence-corrected chi connectivity index (χ4v) is 2.81. The number of carbonyl (C=O) groups is 2. The summed E-state index contributed by atoms with van der Waals surface area (Å²) in [6.07, 6.45) is 3.70. The van der Waals surface area contributed by atoms with Crippen molar-refractivity contribution in [2.24, 2.45) is 0 Å². The summed E-state index contributed by atoms with van der Waals surface area (Å²) in [5.41, 5.74) is 1.04. The van der Waals surface area contributed by atoms with E-state index < -0.39 is 0 Å². The Morgan fingerprint density at radius 2 is 2.04 bits per heavy atom. The van der Waals surface area contributed by atoms with Crippen molar-refractivity contribution < 1.29 is 14.3 Å². The van der Waals surface area contributed by atoms with Crippen molar-refractivity contribution in [3.63, 3.8) is 0 Å². The van der Waals surface area contributed by atoms with Crippen molar-refractivity contribution >= 4 is 11.8 Å². The maximum Gasteiger partial charge on any atom is 0.246 e. The summed E-state index contributed by atoms with van der Waals surface area (Å²) in [5, 5.41) is 2.74. The van der Waals surface area contributed by atoms with Gasteiger partial charge < -0.3 is 15.0 Å². The Kier molecular flexibility index (Phi) is 7.07.